The van der Waals surface area contributed by atoms with Crippen molar-refractivity contribution in [3.05, 3.63) is 65.2 Å². The fraction of sp³-hybridized carbons (Fsp3) is 0.111. The number of fused-ring (bicyclic) bond motifs is 1. The largest absolute Gasteiger partial charge is 0.504 e. The lowest BCUT2D eigenvalue weighted by Gasteiger charge is -2.08. The van der Waals surface area contributed by atoms with Gasteiger partial charge in [-0.25, -0.2) is 0 Å². The molecular weight excluding hydrogens is 292 g/mol. The number of anilines is 1. The highest BCUT2D eigenvalue weighted by molar-refractivity contribution is 6.05. The summed E-state index contributed by atoms with van der Waals surface area (Å²) in [5, 5.41) is 21.0. The number of aryl methyl sites for hydroxylation is 1. The van der Waals surface area contributed by atoms with Crippen LogP contribution >= 0.6 is 0 Å². The zero-order valence-electron chi connectivity index (χ0n) is 12.6. The topological polar surface area (TPSA) is 86.3 Å². The van der Waals surface area contributed by atoms with E-state index in [9.17, 15) is 9.90 Å². The zero-order valence-corrected chi connectivity index (χ0v) is 12.6. The van der Waals surface area contributed by atoms with E-state index in [1.54, 1.807) is 24.3 Å². The second-order valence-electron chi connectivity index (χ2n) is 5.19. The zero-order chi connectivity index (χ0) is 16.4. The fourth-order valence-electron chi connectivity index (χ4n) is 2.38. The maximum Gasteiger partial charge on any atom is 0.261 e. The summed E-state index contributed by atoms with van der Waals surface area (Å²) in [5.41, 5.74) is 1.81. The molecule has 3 rings (SSSR count). The van der Waals surface area contributed by atoms with E-state index in [-0.39, 0.29) is 22.5 Å². The Balaban J connectivity index is 1.97. The summed E-state index contributed by atoms with van der Waals surface area (Å²) in [5.74, 6) is -0.476. The third-order valence-corrected chi connectivity index (χ3v) is 3.61. The molecule has 1 aromatic heterocycles. The van der Waals surface area contributed by atoms with Crippen LogP contribution in [0.25, 0.3) is 11.0 Å². The minimum atomic E-state index is -0.419. The number of hydrogen-bond acceptors (Lipinski definition) is 4. The summed E-state index contributed by atoms with van der Waals surface area (Å²) in [4.78, 5) is 12.4. The quantitative estimate of drug-likeness (QED) is 0.693. The number of carbonyl (C=O) groups excluding carboxylic acids is 1. The van der Waals surface area contributed by atoms with Crippen molar-refractivity contribution in [2.45, 2.75) is 13.3 Å². The molecule has 0 saturated carbocycles. The van der Waals surface area contributed by atoms with E-state index >= 15 is 0 Å². The lowest BCUT2D eigenvalue weighted by atomic mass is 10.1. The van der Waals surface area contributed by atoms with Gasteiger partial charge in [-0.2, -0.15) is 0 Å². The highest BCUT2D eigenvalue weighted by Gasteiger charge is 2.13. The Bertz CT molecular complexity index is 944. The van der Waals surface area contributed by atoms with Gasteiger partial charge < -0.3 is 14.8 Å². The number of amides is 1. The summed E-state index contributed by atoms with van der Waals surface area (Å²) in [7, 11) is 0. The SMILES string of the molecule is CCc1cccc(NC(=O)c2cc3cccc(O)c3oc2=N)c1. The van der Waals surface area contributed by atoms with Crippen molar-refractivity contribution in [1.29, 1.82) is 5.41 Å². The maximum atomic E-state index is 12.4. The van der Waals surface area contributed by atoms with Crippen molar-refractivity contribution in [2.24, 2.45) is 0 Å². The summed E-state index contributed by atoms with van der Waals surface area (Å²) >= 11 is 0. The molecule has 0 fully saturated rings. The van der Waals surface area contributed by atoms with E-state index in [1.807, 2.05) is 25.1 Å². The predicted octanol–water partition coefficient (Wildman–Crippen LogP) is 3.43. The molecule has 2 aromatic carbocycles. The molecule has 0 bridgehead atoms. The van der Waals surface area contributed by atoms with Crippen LogP contribution in [0.5, 0.6) is 5.75 Å². The molecule has 0 aliphatic carbocycles. The van der Waals surface area contributed by atoms with Gasteiger partial charge in [0, 0.05) is 11.1 Å². The fourth-order valence-corrected chi connectivity index (χ4v) is 2.38. The lowest BCUT2D eigenvalue weighted by molar-refractivity contribution is 0.102. The van der Waals surface area contributed by atoms with E-state index < -0.39 is 5.91 Å². The molecule has 3 N–H and O–H groups in total. The predicted molar refractivity (Wildman–Crippen MR) is 87.5 cm³/mol. The van der Waals surface area contributed by atoms with Gasteiger partial charge in [0.15, 0.2) is 11.3 Å². The number of aromatic hydroxyl groups is 1. The van der Waals surface area contributed by atoms with E-state index in [0.29, 0.717) is 11.1 Å². The Kier molecular flexibility index (Phi) is 3.85. The first-order chi connectivity index (χ1) is 11.1. The smallest absolute Gasteiger partial charge is 0.261 e. The van der Waals surface area contributed by atoms with Gasteiger partial charge in [-0.3, -0.25) is 10.2 Å². The first-order valence-corrected chi connectivity index (χ1v) is 7.29. The van der Waals surface area contributed by atoms with Crippen LogP contribution in [0, 0.1) is 5.41 Å². The average Bonchev–Trinajstić information content (AvgIpc) is 2.55. The number of rotatable bonds is 3. The summed E-state index contributed by atoms with van der Waals surface area (Å²) in [6.07, 6.45) is 0.873. The van der Waals surface area contributed by atoms with Gasteiger partial charge in [0.2, 0.25) is 5.55 Å². The van der Waals surface area contributed by atoms with Gasteiger partial charge >= 0.3 is 0 Å². The van der Waals surface area contributed by atoms with Crippen LogP contribution in [-0.4, -0.2) is 11.0 Å². The monoisotopic (exact) mass is 308 g/mol. The second-order valence-corrected chi connectivity index (χ2v) is 5.19. The molecule has 0 aliphatic heterocycles. The number of benzene rings is 2. The molecule has 0 saturated heterocycles. The van der Waals surface area contributed by atoms with Crippen LogP contribution in [-0.2, 0) is 6.42 Å². The van der Waals surface area contributed by atoms with Crippen molar-refractivity contribution in [3.63, 3.8) is 0 Å². The number of carbonyl (C=O) groups is 1. The number of hydrogen-bond donors (Lipinski definition) is 3. The van der Waals surface area contributed by atoms with Gasteiger partial charge in [0.1, 0.15) is 5.56 Å². The Labute approximate surface area is 132 Å². The van der Waals surface area contributed by atoms with Crippen LogP contribution in [0.2, 0.25) is 0 Å². The molecule has 116 valence electrons. The Morgan fingerprint density at radius 2 is 2.00 bits per heavy atom. The molecule has 0 spiro atoms. The average molecular weight is 308 g/mol. The van der Waals surface area contributed by atoms with Crippen LogP contribution in [0.3, 0.4) is 0 Å². The Morgan fingerprint density at radius 1 is 1.22 bits per heavy atom. The van der Waals surface area contributed by atoms with Crippen molar-refractivity contribution < 1.29 is 14.3 Å². The van der Waals surface area contributed by atoms with Crippen molar-refractivity contribution in [1.82, 2.24) is 0 Å². The van der Waals surface area contributed by atoms with Gasteiger partial charge in [0.25, 0.3) is 5.91 Å². The molecule has 1 amide bonds. The molecule has 1 heterocycles. The van der Waals surface area contributed by atoms with E-state index in [2.05, 4.69) is 5.32 Å². The molecule has 5 nitrogen and oxygen atoms in total. The highest BCUT2D eigenvalue weighted by Crippen LogP contribution is 2.23. The van der Waals surface area contributed by atoms with Crippen LogP contribution in [0.4, 0.5) is 5.69 Å². The van der Waals surface area contributed by atoms with Gasteiger partial charge in [-0.15, -0.1) is 0 Å². The molecule has 0 aliphatic rings. The first kappa shape index (κ1) is 14.8. The van der Waals surface area contributed by atoms with Crippen molar-refractivity contribution in [2.75, 3.05) is 5.32 Å². The summed E-state index contributed by atoms with van der Waals surface area (Å²) in [6, 6.07) is 13.9. The van der Waals surface area contributed by atoms with E-state index in [4.69, 9.17) is 9.83 Å². The maximum absolute atomic E-state index is 12.4. The highest BCUT2D eigenvalue weighted by atomic mass is 16.4. The van der Waals surface area contributed by atoms with Crippen molar-refractivity contribution >= 4 is 22.6 Å². The first-order valence-electron chi connectivity index (χ1n) is 7.29. The van der Waals surface area contributed by atoms with Gasteiger partial charge in [-0.05, 0) is 36.2 Å². The van der Waals surface area contributed by atoms with Crippen molar-refractivity contribution in [3.8, 4) is 5.75 Å². The Morgan fingerprint density at radius 3 is 2.78 bits per heavy atom. The number of phenols is 1. The van der Waals surface area contributed by atoms with Crippen LogP contribution < -0.4 is 10.9 Å². The third kappa shape index (κ3) is 2.94. The molecule has 3 aromatic rings. The summed E-state index contributed by atoms with van der Waals surface area (Å²) < 4.78 is 5.28. The van der Waals surface area contributed by atoms with Crippen LogP contribution in [0.15, 0.2) is 52.9 Å². The Hall–Kier alpha value is -3.08. The van der Waals surface area contributed by atoms with E-state index in [1.165, 1.54) is 6.07 Å². The minimum absolute atomic E-state index is 0.0568. The molecule has 23 heavy (non-hydrogen) atoms. The third-order valence-electron chi connectivity index (χ3n) is 3.61. The van der Waals surface area contributed by atoms with Gasteiger partial charge in [0.05, 0.1) is 0 Å². The molecule has 0 atom stereocenters. The summed E-state index contributed by atoms with van der Waals surface area (Å²) in [6.45, 7) is 2.04. The normalized spacial score (nSPS) is 10.7. The molecule has 5 heteroatoms. The van der Waals surface area contributed by atoms with Crippen LogP contribution in [0.1, 0.15) is 22.8 Å². The molecule has 0 radical (unpaired) electrons. The number of phenolic OH excluding ortho intramolecular Hbond substituents is 1. The number of para-hydroxylation sites is 1. The molecule has 0 unspecified atom stereocenters. The number of nitrogens with one attached hydrogen (secondary N) is 2. The standard InChI is InChI=1S/C18H16N2O3/c1-2-11-5-3-7-13(9-11)20-18(22)14-10-12-6-4-8-15(21)16(12)23-17(14)19/h3-10,19,21H,2H2,1H3,(H,20,22). The second kappa shape index (κ2) is 5.96. The van der Waals surface area contributed by atoms with Gasteiger partial charge in [-0.1, -0.05) is 31.2 Å². The lowest BCUT2D eigenvalue weighted by Crippen LogP contribution is -2.20. The van der Waals surface area contributed by atoms with E-state index in [0.717, 1.165) is 12.0 Å². The minimum Gasteiger partial charge on any atom is -0.504 e. The molecular formula is C18H16N2O3.